The minimum Gasteiger partial charge on any atom is -0.550 e. The molecule has 7 rings (SSSR count). The lowest BCUT2D eigenvalue weighted by Crippen LogP contribution is -2.27. The number of carboxylic acids is 2. The summed E-state index contributed by atoms with van der Waals surface area (Å²) in [5.74, 6) is -2.89. The number of aliphatic carboxylic acids is 2. The van der Waals surface area contributed by atoms with Gasteiger partial charge in [-0.2, -0.15) is 0 Å². The maximum absolute atomic E-state index is 14.2. The van der Waals surface area contributed by atoms with E-state index in [2.05, 4.69) is 20.2 Å². The van der Waals surface area contributed by atoms with Gasteiger partial charge in [-0.05, 0) is 92.3 Å². The molecule has 4 aromatic heterocycles. The summed E-state index contributed by atoms with van der Waals surface area (Å²) in [6, 6.07) is 20.9. The number of nitrogens with one attached hydrogen (secondary N) is 4. The summed E-state index contributed by atoms with van der Waals surface area (Å²) in [5.41, 5.74) is 4.17. The molecule has 3 aromatic carbocycles. The number of carboxylic acid groups (broad SMARTS) is 2. The normalized spacial score (nSPS) is 10.9. The molecular formula is C33H28Cl2N6O6S2. The number of benzene rings is 3. The van der Waals surface area contributed by atoms with Gasteiger partial charge in [0.25, 0.3) is 0 Å². The van der Waals surface area contributed by atoms with Crippen LogP contribution in [0.3, 0.4) is 0 Å². The van der Waals surface area contributed by atoms with Gasteiger partial charge in [-0.15, -0.1) is 0 Å². The highest BCUT2D eigenvalue weighted by atomic mass is 35.5. The summed E-state index contributed by atoms with van der Waals surface area (Å²) in [7, 11) is 0. The molecule has 252 valence electrons. The van der Waals surface area contributed by atoms with Crippen molar-refractivity contribution >= 4 is 78.2 Å². The van der Waals surface area contributed by atoms with Crippen LogP contribution in [0.1, 0.15) is 47.8 Å². The van der Waals surface area contributed by atoms with E-state index in [1.165, 1.54) is 32.0 Å². The molecular weight excluding hydrogens is 711 g/mol. The molecule has 0 aliphatic rings. The minimum atomic E-state index is -1.08. The third kappa shape index (κ3) is 7.52. The number of H-pyrrole nitrogens is 4. The monoisotopic (exact) mass is 738 g/mol. The van der Waals surface area contributed by atoms with Crippen LogP contribution in [0.5, 0.6) is 0 Å². The number of aromatic amines is 4. The Balaban J connectivity index is 0.000000531. The number of para-hydroxylation sites is 2. The predicted molar refractivity (Wildman–Crippen MR) is 185 cm³/mol. The van der Waals surface area contributed by atoms with Gasteiger partial charge < -0.3 is 19.8 Å². The smallest absolute Gasteiger partial charge is 0.366 e. The fourth-order valence-corrected chi connectivity index (χ4v) is 7.50. The van der Waals surface area contributed by atoms with Gasteiger partial charge in [0.05, 0.1) is 47.9 Å². The lowest BCUT2D eigenvalue weighted by molar-refractivity contribution is -0.335. The summed E-state index contributed by atoms with van der Waals surface area (Å²) in [5, 5.41) is 26.3. The largest absolute Gasteiger partial charge is 0.550 e. The molecule has 0 aliphatic carbocycles. The Labute approximate surface area is 295 Å². The summed E-state index contributed by atoms with van der Waals surface area (Å²) >= 11 is 15.7. The van der Waals surface area contributed by atoms with Crippen LogP contribution in [0.15, 0.2) is 76.3 Å². The second-order valence-electron chi connectivity index (χ2n) is 10.7. The van der Waals surface area contributed by atoms with Gasteiger partial charge in [0.1, 0.15) is 11.0 Å². The number of carbonyl (C=O) groups excluding carboxylic acids is 2. The van der Waals surface area contributed by atoms with Crippen molar-refractivity contribution in [3.63, 3.8) is 0 Å². The third-order valence-electron chi connectivity index (χ3n) is 7.17. The van der Waals surface area contributed by atoms with Crippen molar-refractivity contribution < 1.29 is 29.8 Å². The highest BCUT2D eigenvalue weighted by Crippen LogP contribution is 2.35. The summed E-state index contributed by atoms with van der Waals surface area (Å²) in [4.78, 5) is 52.8. The van der Waals surface area contributed by atoms with Crippen molar-refractivity contribution in [3.05, 3.63) is 126 Å². The molecule has 0 saturated heterocycles. The molecule has 0 unspecified atom stereocenters. The SMILES string of the molecule is CC(=O)[O-].CC(=O)[O-].Cc1[nH]n(-c2[nH+]c3ccccc3s2)c(=O)c1C(c1ccc(Cl)c(Cl)c1)c1c(C)[nH]n(-c2[nH+]c3ccccc3s2)c1=O. The fraction of sp³-hybridized carbons (Fsp3) is 0.152. The van der Waals surface area contributed by atoms with Gasteiger partial charge in [0.15, 0.2) is 0 Å². The number of aryl methyl sites for hydroxylation is 2. The average molecular weight is 740 g/mol. The molecule has 0 atom stereocenters. The number of hydrogen-bond acceptors (Lipinski definition) is 8. The first-order chi connectivity index (χ1) is 23.3. The zero-order chi connectivity index (χ0) is 35.6. The van der Waals surface area contributed by atoms with Gasteiger partial charge >= 0.3 is 21.4 Å². The Bertz CT molecular complexity index is 2240. The predicted octanol–water partition coefficient (Wildman–Crippen LogP) is 3.32. The number of halogens is 2. The van der Waals surface area contributed by atoms with Crippen LogP contribution in [0, 0.1) is 13.8 Å². The number of aromatic nitrogens is 6. The minimum absolute atomic E-state index is 0.263. The second kappa shape index (κ2) is 14.6. The number of hydrogen-bond donors (Lipinski definition) is 2. The van der Waals surface area contributed by atoms with Crippen molar-refractivity contribution in [2.45, 2.75) is 33.6 Å². The lowest BCUT2D eigenvalue weighted by atomic mass is 9.85. The Kier molecular flexibility index (Phi) is 10.5. The molecule has 0 spiro atoms. The standard InChI is InChI=1S/C29H20Cl2N6O2S2.2C2H4O2/c1-14-23(26(38)36(34-14)28-32-19-7-3-5-9-21(19)40-28)25(16-11-12-17(30)18(31)13-16)24-15(2)35-37(27(24)39)29-33-20-8-4-6-10-22(20)41-29;2*1-2(3)4/h3-13,25,34-35H,1-2H3;2*1H3,(H,3,4). The molecule has 0 radical (unpaired) electrons. The Hall–Kier alpha value is -5.02. The zero-order valence-electron chi connectivity index (χ0n) is 26.3. The molecule has 0 saturated carbocycles. The Morgan fingerprint density at radius 1 is 0.714 bits per heavy atom. The summed E-state index contributed by atoms with van der Waals surface area (Å²) in [6.07, 6.45) is 0. The van der Waals surface area contributed by atoms with Crippen molar-refractivity contribution in [2.75, 3.05) is 0 Å². The number of nitrogens with zero attached hydrogens (tertiary/aromatic N) is 2. The molecule has 12 nitrogen and oxygen atoms in total. The Morgan fingerprint density at radius 2 is 1.12 bits per heavy atom. The van der Waals surface area contributed by atoms with Crippen LogP contribution in [0.2, 0.25) is 10.0 Å². The maximum Gasteiger partial charge on any atom is 0.366 e. The van der Waals surface area contributed by atoms with E-state index in [4.69, 9.17) is 43.0 Å². The molecule has 49 heavy (non-hydrogen) atoms. The quantitative estimate of drug-likeness (QED) is 0.273. The van der Waals surface area contributed by atoms with E-state index < -0.39 is 17.9 Å². The van der Waals surface area contributed by atoms with E-state index in [0.29, 0.717) is 48.4 Å². The first-order valence-electron chi connectivity index (χ1n) is 14.5. The lowest BCUT2D eigenvalue weighted by Gasteiger charge is -2.15. The van der Waals surface area contributed by atoms with Gasteiger partial charge in [0.2, 0.25) is 0 Å². The molecule has 0 fully saturated rings. The van der Waals surface area contributed by atoms with E-state index in [-0.39, 0.29) is 11.1 Å². The van der Waals surface area contributed by atoms with Gasteiger partial charge in [0, 0.05) is 11.9 Å². The van der Waals surface area contributed by atoms with Crippen molar-refractivity contribution in [1.29, 1.82) is 0 Å². The second-order valence-corrected chi connectivity index (χ2v) is 13.6. The fourth-order valence-electron chi connectivity index (χ4n) is 5.27. The van der Waals surface area contributed by atoms with Crippen molar-refractivity contribution in [2.24, 2.45) is 0 Å². The van der Waals surface area contributed by atoms with Crippen molar-refractivity contribution in [1.82, 2.24) is 19.6 Å². The van der Waals surface area contributed by atoms with Gasteiger partial charge in [-0.3, -0.25) is 0 Å². The highest BCUT2D eigenvalue weighted by molar-refractivity contribution is 7.20. The first-order valence-corrected chi connectivity index (χ1v) is 16.9. The average Bonchev–Trinajstić information content (AvgIpc) is 3.79. The van der Waals surface area contributed by atoms with Gasteiger partial charge in [-0.25, -0.2) is 29.8 Å². The topological polar surface area (TPSA) is 184 Å². The van der Waals surface area contributed by atoms with E-state index in [1.807, 2.05) is 68.4 Å². The molecule has 7 aromatic rings. The molecule has 4 N–H and O–H groups in total. The van der Waals surface area contributed by atoms with Crippen LogP contribution in [-0.4, -0.2) is 31.5 Å². The maximum atomic E-state index is 14.2. The highest BCUT2D eigenvalue weighted by Gasteiger charge is 2.36. The number of thiazole rings is 2. The number of carbonyl (C=O) groups is 2. The Morgan fingerprint density at radius 3 is 1.51 bits per heavy atom. The molecule has 0 aliphatic heterocycles. The zero-order valence-corrected chi connectivity index (χ0v) is 29.5. The van der Waals surface area contributed by atoms with Crippen LogP contribution in [0.25, 0.3) is 30.7 Å². The third-order valence-corrected chi connectivity index (χ3v) is 10.0. The number of rotatable bonds is 5. The van der Waals surface area contributed by atoms with Gasteiger partial charge in [-0.1, -0.05) is 62.9 Å². The number of fused-ring (bicyclic) bond motifs is 2. The van der Waals surface area contributed by atoms with E-state index in [1.54, 1.807) is 12.1 Å². The van der Waals surface area contributed by atoms with Crippen LogP contribution in [0.4, 0.5) is 0 Å². The van der Waals surface area contributed by atoms with E-state index in [0.717, 1.165) is 34.3 Å². The molecule has 16 heteroatoms. The van der Waals surface area contributed by atoms with E-state index in [9.17, 15) is 9.59 Å². The van der Waals surface area contributed by atoms with Crippen LogP contribution in [-0.2, 0) is 9.59 Å². The van der Waals surface area contributed by atoms with Crippen LogP contribution < -0.4 is 31.3 Å². The molecule has 4 heterocycles. The van der Waals surface area contributed by atoms with Crippen LogP contribution >= 0.6 is 45.9 Å². The van der Waals surface area contributed by atoms with E-state index >= 15 is 0 Å². The molecule has 0 bridgehead atoms. The van der Waals surface area contributed by atoms with Crippen molar-refractivity contribution in [3.8, 4) is 10.3 Å². The summed E-state index contributed by atoms with van der Waals surface area (Å²) in [6.45, 7) is 5.62. The first kappa shape index (κ1) is 35.3. The summed E-state index contributed by atoms with van der Waals surface area (Å²) < 4.78 is 5.04. The molecule has 0 amide bonds.